The van der Waals surface area contributed by atoms with Crippen molar-refractivity contribution in [3.05, 3.63) is 18.0 Å². The van der Waals surface area contributed by atoms with Gasteiger partial charge in [0.25, 0.3) is 0 Å². The molecule has 0 aliphatic rings. The summed E-state index contributed by atoms with van der Waals surface area (Å²) in [4.78, 5) is 0. The van der Waals surface area contributed by atoms with Gasteiger partial charge in [-0.1, -0.05) is 27.7 Å². The summed E-state index contributed by atoms with van der Waals surface area (Å²) in [5, 5.41) is 7.88. The largest absolute Gasteiger partial charge is 0.314 e. The third kappa shape index (κ3) is 4.47. The first-order chi connectivity index (χ1) is 6.89. The highest BCUT2D eigenvalue weighted by Gasteiger charge is 2.18. The predicted molar refractivity (Wildman–Crippen MR) is 63.9 cm³/mol. The zero-order valence-corrected chi connectivity index (χ0v) is 10.5. The number of rotatable bonds is 5. The molecule has 0 bridgehead atoms. The van der Waals surface area contributed by atoms with E-state index in [4.69, 9.17) is 0 Å². The highest BCUT2D eigenvalue weighted by Crippen LogP contribution is 2.16. The Labute approximate surface area is 92.9 Å². The van der Waals surface area contributed by atoms with Crippen molar-refractivity contribution in [2.75, 3.05) is 6.54 Å². The molecule has 0 aromatic carbocycles. The van der Waals surface area contributed by atoms with Crippen molar-refractivity contribution in [3.8, 4) is 0 Å². The summed E-state index contributed by atoms with van der Waals surface area (Å²) in [7, 11) is 0. The van der Waals surface area contributed by atoms with Gasteiger partial charge in [0.2, 0.25) is 0 Å². The van der Waals surface area contributed by atoms with Crippen LogP contribution in [0.3, 0.4) is 0 Å². The van der Waals surface area contributed by atoms with Gasteiger partial charge in [0, 0.05) is 25.3 Å². The fraction of sp³-hybridized carbons (Fsp3) is 0.750. The monoisotopic (exact) mass is 209 g/mol. The Hall–Kier alpha value is -0.830. The van der Waals surface area contributed by atoms with Crippen molar-refractivity contribution in [1.29, 1.82) is 0 Å². The van der Waals surface area contributed by atoms with Gasteiger partial charge in [-0.2, -0.15) is 5.10 Å². The average molecular weight is 209 g/mol. The first-order valence-electron chi connectivity index (χ1n) is 5.62. The summed E-state index contributed by atoms with van der Waals surface area (Å²) < 4.78 is 2.03. The van der Waals surface area contributed by atoms with Gasteiger partial charge in [0.1, 0.15) is 0 Å². The van der Waals surface area contributed by atoms with Gasteiger partial charge in [-0.15, -0.1) is 0 Å². The Bertz CT molecular complexity index is 300. The van der Waals surface area contributed by atoms with Crippen molar-refractivity contribution in [2.24, 2.45) is 5.41 Å². The Kier molecular flexibility index (Phi) is 3.91. The second kappa shape index (κ2) is 4.79. The molecule has 1 aromatic rings. The lowest BCUT2D eigenvalue weighted by molar-refractivity contribution is 0.268. The van der Waals surface area contributed by atoms with Gasteiger partial charge in [0.05, 0.1) is 5.69 Å². The zero-order valence-electron chi connectivity index (χ0n) is 10.5. The lowest BCUT2D eigenvalue weighted by Crippen LogP contribution is -2.36. The minimum atomic E-state index is 0.239. The van der Waals surface area contributed by atoms with Crippen molar-refractivity contribution in [3.63, 3.8) is 0 Å². The average Bonchev–Trinajstić information content (AvgIpc) is 2.47. The number of hydrogen-bond acceptors (Lipinski definition) is 2. The maximum Gasteiger partial charge on any atom is 0.0593 e. The molecular weight excluding hydrogens is 186 g/mol. The van der Waals surface area contributed by atoms with Crippen LogP contribution >= 0.6 is 0 Å². The second-order valence-corrected chi connectivity index (χ2v) is 5.35. The Morgan fingerprint density at radius 2 is 2.13 bits per heavy atom. The molecular formula is C12H23N3. The summed E-state index contributed by atoms with van der Waals surface area (Å²) >= 11 is 0. The maximum absolute atomic E-state index is 4.41. The Morgan fingerprint density at radius 1 is 1.47 bits per heavy atom. The molecule has 15 heavy (non-hydrogen) atoms. The molecule has 3 heteroatoms. The molecule has 1 rings (SSSR count). The van der Waals surface area contributed by atoms with Crippen LogP contribution in [-0.4, -0.2) is 22.4 Å². The van der Waals surface area contributed by atoms with Gasteiger partial charge in [-0.05, 0) is 18.4 Å². The van der Waals surface area contributed by atoms with Gasteiger partial charge in [0.15, 0.2) is 0 Å². The highest BCUT2D eigenvalue weighted by atomic mass is 15.3. The van der Waals surface area contributed by atoms with Crippen LogP contribution in [0.1, 0.15) is 33.4 Å². The molecule has 0 amide bonds. The summed E-state index contributed by atoms with van der Waals surface area (Å²) in [6.45, 7) is 12.9. The normalized spacial score (nSPS) is 12.4. The highest BCUT2D eigenvalue weighted by molar-refractivity contribution is 4.95. The molecule has 0 aliphatic carbocycles. The lowest BCUT2D eigenvalue weighted by Gasteiger charge is -2.26. The van der Waals surface area contributed by atoms with Crippen LogP contribution in [0.15, 0.2) is 12.3 Å². The fourth-order valence-electron chi connectivity index (χ4n) is 1.53. The molecule has 1 heterocycles. The van der Waals surface area contributed by atoms with E-state index in [0.717, 1.165) is 18.8 Å². The van der Waals surface area contributed by atoms with E-state index in [1.165, 1.54) is 0 Å². The number of hydrogen-bond donors (Lipinski definition) is 1. The molecule has 0 atom stereocenters. The topological polar surface area (TPSA) is 29.9 Å². The molecule has 0 unspecified atom stereocenters. The van der Waals surface area contributed by atoms with E-state index in [2.05, 4.69) is 38.1 Å². The molecule has 0 spiro atoms. The molecule has 86 valence electrons. The Balaban J connectivity index is 2.48. The first kappa shape index (κ1) is 12.2. The van der Waals surface area contributed by atoms with Gasteiger partial charge < -0.3 is 5.32 Å². The van der Waals surface area contributed by atoms with Crippen LogP contribution < -0.4 is 5.32 Å². The number of nitrogens with one attached hydrogen (secondary N) is 1. The molecule has 1 N–H and O–H groups in total. The van der Waals surface area contributed by atoms with Crippen molar-refractivity contribution in [2.45, 2.75) is 47.2 Å². The van der Waals surface area contributed by atoms with E-state index >= 15 is 0 Å². The molecule has 0 fully saturated rings. The predicted octanol–water partition coefficient (Wildman–Crippen LogP) is 2.22. The molecule has 1 aromatic heterocycles. The van der Waals surface area contributed by atoms with Crippen LogP contribution in [-0.2, 0) is 6.54 Å². The molecule has 0 saturated heterocycles. The minimum absolute atomic E-state index is 0.239. The number of nitrogens with zero attached hydrogens (tertiary/aromatic N) is 2. The smallest absolute Gasteiger partial charge is 0.0593 e. The van der Waals surface area contributed by atoms with E-state index in [1.54, 1.807) is 0 Å². The summed E-state index contributed by atoms with van der Waals surface area (Å²) in [6.07, 6.45) is 2.05. The molecule has 0 radical (unpaired) electrons. The van der Waals surface area contributed by atoms with E-state index in [0.29, 0.717) is 6.04 Å². The van der Waals surface area contributed by atoms with E-state index < -0.39 is 0 Å². The summed E-state index contributed by atoms with van der Waals surface area (Å²) in [5.74, 6) is 0. The fourth-order valence-corrected chi connectivity index (χ4v) is 1.53. The quantitative estimate of drug-likeness (QED) is 0.806. The van der Waals surface area contributed by atoms with Crippen LogP contribution in [0.4, 0.5) is 0 Å². The summed E-state index contributed by atoms with van der Waals surface area (Å²) in [5.41, 5.74) is 1.32. The molecule has 0 aliphatic heterocycles. The lowest BCUT2D eigenvalue weighted by atomic mass is 9.93. The van der Waals surface area contributed by atoms with Crippen LogP contribution in [0.2, 0.25) is 0 Å². The van der Waals surface area contributed by atoms with Crippen LogP contribution in [0.5, 0.6) is 0 Å². The third-order valence-electron chi connectivity index (χ3n) is 2.35. The van der Waals surface area contributed by atoms with Gasteiger partial charge in [-0.3, -0.25) is 4.68 Å². The van der Waals surface area contributed by atoms with Crippen molar-refractivity contribution < 1.29 is 0 Å². The minimum Gasteiger partial charge on any atom is -0.314 e. The number of aromatic nitrogens is 2. The summed E-state index contributed by atoms with van der Waals surface area (Å²) in [6, 6.07) is 2.59. The Morgan fingerprint density at radius 3 is 2.60 bits per heavy atom. The van der Waals surface area contributed by atoms with E-state index in [-0.39, 0.29) is 5.41 Å². The van der Waals surface area contributed by atoms with Crippen LogP contribution in [0, 0.1) is 12.3 Å². The third-order valence-corrected chi connectivity index (χ3v) is 2.35. The van der Waals surface area contributed by atoms with E-state index in [1.807, 2.05) is 23.9 Å². The SMILES string of the molecule is Cc1ccn(CC(C)(C)CNC(C)C)n1. The number of aryl methyl sites for hydroxylation is 1. The second-order valence-electron chi connectivity index (χ2n) is 5.35. The van der Waals surface area contributed by atoms with E-state index in [9.17, 15) is 0 Å². The molecule has 0 saturated carbocycles. The standard InChI is InChI=1S/C12H23N3/c1-10(2)13-8-12(4,5)9-15-7-6-11(3)14-15/h6-7,10,13H,8-9H2,1-5H3. The van der Waals surface area contributed by atoms with Crippen molar-refractivity contribution in [1.82, 2.24) is 15.1 Å². The molecule has 3 nitrogen and oxygen atoms in total. The van der Waals surface area contributed by atoms with Gasteiger partial charge >= 0.3 is 0 Å². The van der Waals surface area contributed by atoms with Gasteiger partial charge in [-0.25, -0.2) is 0 Å². The first-order valence-corrected chi connectivity index (χ1v) is 5.62. The van der Waals surface area contributed by atoms with Crippen LogP contribution in [0.25, 0.3) is 0 Å². The maximum atomic E-state index is 4.41. The zero-order chi connectivity index (χ0) is 11.5. The van der Waals surface area contributed by atoms with Crippen molar-refractivity contribution >= 4 is 0 Å².